The first-order valence-electron chi connectivity index (χ1n) is 7.98. The zero-order chi connectivity index (χ0) is 16.5. The van der Waals surface area contributed by atoms with Crippen molar-refractivity contribution in [1.82, 2.24) is 4.90 Å². The van der Waals surface area contributed by atoms with Gasteiger partial charge >= 0.3 is 0 Å². The van der Waals surface area contributed by atoms with Crippen molar-refractivity contribution in [3.05, 3.63) is 96.6 Å². The van der Waals surface area contributed by atoms with E-state index in [4.69, 9.17) is 5.11 Å². The Balaban J connectivity index is 2.37. The fraction of sp³-hybridized carbons (Fsp3) is 0.238. The van der Waals surface area contributed by atoms with Gasteiger partial charge < -0.3 is 5.11 Å². The molecule has 0 saturated carbocycles. The maximum absolute atomic E-state index is 9.15. The zero-order valence-corrected chi connectivity index (χ0v) is 13.6. The highest BCUT2D eigenvalue weighted by Gasteiger charge is 2.21. The molecule has 0 amide bonds. The molecule has 0 saturated heterocycles. The maximum atomic E-state index is 9.15. The summed E-state index contributed by atoms with van der Waals surface area (Å²) in [6.07, 6.45) is 2.55. The molecular formula is C21H25NO. The number of hydrogen-bond acceptors (Lipinski definition) is 2. The lowest BCUT2D eigenvalue weighted by Crippen LogP contribution is -2.31. The summed E-state index contributed by atoms with van der Waals surface area (Å²) in [6.45, 7) is 9.64. The number of rotatable bonds is 9. The van der Waals surface area contributed by atoms with Crippen LogP contribution in [0.15, 0.2) is 85.5 Å². The third-order valence-corrected chi connectivity index (χ3v) is 3.85. The van der Waals surface area contributed by atoms with E-state index in [9.17, 15) is 0 Å². The molecule has 2 rings (SSSR count). The molecule has 0 aliphatic carbocycles. The van der Waals surface area contributed by atoms with Crippen LogP contribution >= 0.6 is 0 Å². The molecule has 1 N–H and O–H groups in total. The molecule has 0 aliphatic rings. The molecule has 2 aromatic rings. The van der Waals surface area contributed by atoms with Crippen LogP contribution in [-0.4, -0.2) is 29.7 Å². The molecule has 0 unspecified atom stereocenters. The fourth-order valence-electron chi connectivity index (χ4n) is 2.84. The summed E-state index contributed by atoms with van der Waals surface area (Å²) in [6, 6.07) is 21.1. The molecule has 2 nitrogen and oxygen atoms in total. The Bertz CT molecular complexity index is 567. The van der Waals surface area contributed by atoms with Crippen molar-refractivity contribution in [3.8, 4) is 0 Å². The Hall–Kier alpha value is -2.16. The minimum Gasteiger partial charge on any atom is -0.396 e. The first kappa shape index (κ1) is 17.2. The first-order chi connectivity index (χ1) is 11.3. The summed E-state index contributed by atoms with van der Waals surface area (Å²) < 4.78 is 0. The van der Waals surface area contributed by atoms with Crippen LogP contribution in [-0.2, 0) is 0 Å². The SMILES string of the molecule is C=CCN(CC(=C)CCO)C(c1ccccc1)c1ccccc1. The predicted molar refractivity (Wildman–Crippen MR) is 97.3 cm³/mol. The highest BCUT2D eigenvalue weighted by Crippen LogP contribution is 2.29. The van der Waals surface area contributed by atoms with Gasteiger partial charge in [0.2, 0.25) is 0 Å². The van der Waals surface area contributed by atoms with Crippen LogP contribution in [0.25, 0.3) is 0 Å². The molecule has 0 spiro atoms. The molecular weight excluding hydrogens is 282 g/mol. The van der Waals surface area contributed by atoms with E-state index in [0.717, 1.165) is 18.7 Å². The van der Waals surface area contributed by atoms with Gasteiger partial charge in [0.15, 0.2) is 0 Å². The second kappa shape index (κ2) is 9.09. The van der Waals surface area contributed by atoms with Gasteiger partial charge in [-0.15, -0.1) is 6.58 Å². The average Bonchev–Trinajstić information content (AvgIpc) is 2.57. The Morgan fingerprint density at radius 3 is 1.96 bits per heavy atom. The largest absolute Gasteiger partial charge is 0.396 e. The van der Waals surface area contributed by atoms with E-state index in [1.165, 1.54) is 11.1 Å². The summed E-state index contributed by atoms with van der Waals surface area (Å²) >= 11 is 0. The minimum absolute atomic E-state index is 0.141. The molecule has 0 bridgehead atoms. The zero-order valence-electron chi connectivity index (χ0n) is 13.6. The lowest BCUT2D eigenvalue weighted by atomic mass is 9.96. The molecule has 0 atom stereocenters. The Morgan fingerprint density at radius 2 is 1.52 bits per heavy atom. The number of benzene rings is 2. The van der Waals surface area contributed by atoms with Gasteiger partial charge in [-0.05, 0) is 17.5 Å². The van der Waals surface area contributed by atoms with Crippen molar-refractivity contribution >= 4 is 0 Å². The predicted octanol–water partition coefficient (Wildman–Crippen LogP) is 4.20. The Labute approximate surface area is 139 Å². The minimum atomic E-state index is 0.141. The molecule has 0 aliphatic heterocycles. The van der Waals surface area contributed by atoms with Crippen molar-refractivity contribution in [2.75, 3.05) is 19.7 Å². The number of aliphatic hydroxyl groups excluding tert-OH is 1. The molecule has 2 aromatic carbocycles. The lowest BCUT2D eigenvalue weighted by Gasteiger charge is -2.32. The number of hydrogen-bond donors (Lipinski definition) is 1. The van der Waals surface area contributed by atoms with Gasteiger partial charge in [0.25, 0.3) is 0 Å². The van der Waals surface area contributed by atoms with Gasteiger partial charge in [0.05, 0.1) is 6.04 Å². The normalized spacial score (nSPS) is 10.9. The van der Waals surface area contributed by atoms with Gasteiger partial charge in [-0.3, -0.25) is 4.90 Å². The van der Waals surface area contributed by atoms with Crippen molar-refractivity contribution in [2.24, 2.45) is 0 Å². The van der Waals surface area contributed by atoms with E-state index in [0.29, 0.717) is 6.42 Å². The highest BCUT2D eigenvalue weighted by molar-refractivity contribution is 5.32. The highest BCUT2D eigenvalue weighted by atomic mass is 16.2. The van der Waals surface area contributed by atoms with Gasteiger partial charge in [-0.25, -0.2) is 0 Å². The van der Waals surface area contributed by atoms with E-state index < -0.39 is 0 Å². The maximum Gasteiger partial charge on any atom is 0.0607 e. The van der Waals surface area contributed by atoms with Gasteiger partial charge in [-0.2, -0.15) is 0 Å². The fourth-order valence-corrected chi connectivity index (χ4v) is 2.84. The van der Waals surface area contributed by atoms with Crippen molar-refractivity contribution in [1.29, 1.82) is 0 Å². The summed E-state index contributed by atoms with van der Waals surface area (Å²) in [5.74, 6) is 0. The standard InChI is InChI=1S/C21H25NO/c1-3-15-22(17-18(2)14-16-23)21(19-10-6-4-7-11-19)20-12-8-5-9-13-20/h3-13,21,23H,1-2,14-17H2. The summed E-state index contributed by atoms with van der Waals surface area (Å²) in [7, 11) is 0. The van der Waals surface area contributed by atoms with Crippen molar-refractivity contribution in [2.45, 2.75) is 12.5 Å². The van der Waals surface area contributed by atoms with Crippen LogP contribution in [0, 0.1) is 0 Å². The van der Waals surface area contributed by atoms with Crippen LogP contribution in [0.4, 0.5) is 0 Å². The van der Waals surface area contributed by atoms with Crippen LogP contribution in [0.2, 0.25) is 0 Å². The smallest absolute Gasteiger partial charge is 0.0607 e. The average molecular weight is 307 g/mol. The third-order valence-electron chi connectivity index (χ3n) is 3.85. The Kier molecular flexibility index (Phi) is 6.79. The van der Waals surface area contributed by atoms with Gasteiger partial charge in [0, 0.05) is 19.7 Å². The quantitative estimate of drug-likeness (QED) is 0.702. The first-order valence-corrected chi connectivity index (χ1v) is 7.98. The summed E-state index contributed by atoms with van der Waals surface area (Å²) in [5, 5.41) is 9.15. The van der Waals surface area contributed by atoms with Crippen molar-refractivity contribution < 1.29 is 5.11 Å². The number of nitrogens with zero attached hydrogens (tertiary/aromatic N) is 1. The topological polar surface area (TPSA) is 23.5 Å². The second-order valence-electron chi connectivity index (χ2n) is 5.67. The van der Waals surface area contributed by atoms with E-state index in [1.807, 2.05) is 18.2 Å². The van der Waals surface area contributed by atoms with Gasteiger partial charge in [-0.1, -0.05) is 78.9 Å². The molecule has 0 aromatic heterocycles. The van der Waals surface area contributed by atoms with Gasteiger partial charge in [0.1, 0.15) is 0 Å². The van der Waals surface area contributed by atoms with Crippen LogP contribution in [0.3, 0.4) is 0 Å². The van der Waals surface area contributed by atoms with E-state index in [-0.39, 0.29) is 12.6 Å². The van der Waals surface area contributed by atoms with E-state index >= 15 is 0 Å². The molecule has 2 heteroatoms. The third kappa shape index (κ3) is 4.92. The van der Waals surface area contributed by atoms with E-state index in [1.54, 1.807) is 0 Å². The van der Waals surface area contributed by atoms with Crippen LogP contribution in [0.5, 0.6) is 0 Å². The molecule has 23 heavy (non-hydrogen) atoms. The Morgan fingerprint density at radius 1 is 1.00 bits per heavy atom. The molecule has 0 heterocycles. The molecule has 0 radical (unpaired) electrons. The monoisotopic (exact) mass is 307 g/mol. The van der Waals surface area contributed by atoms with Crippen LogP contribution < -0.4 is 0 Å². The van der Waals surface area contributed by atoms with E-state index in [2.05, 4.69) is 66.6 Å². The molecule has 0 fully saturated rings. The van der Waals surface area contributed by atoms with Crippen LogP contribution in [0.1, 0.15) is 23.6 Å². The molecule has 120 valence electrons. The number of aliphatic hydroxyl groups is 1. The summed E-state index contributed by atoms with van der Waals surface area (Å²) in [5.41, 5.74) is 3.53. The summed E-state index contributed by atoms with van der Waals surface area (Å²) in [4.78, 5) is 2.34. The lowest BCUT2D eigenvalue weighted by molar-refractivity contribution is 0.257. The van der Waals surface area contributed by atoms with Crippen molar-refractivity contribution in [3.63, 3.8) is 0 Å². The second-order valence-corrected chi connectivity index (χ2v) is 5.67.